The molecule has 1 heterocycles. The van der Waals surface area contributed by atoms with E-state index in [2.05, 4.69) is 6.92 Å². The largest absolute Gasteiger partial charge is 0.463 e. The molecule has 0 radical (unpaired) electrons. The molecule has 0 aliphatic carbocycles. The van der Waals surface area contributed by atoms with Gasteiger partial charge in [-0.05, 0) is 18.2 Å². The summed E-state index contributed by atoms with van der Waals surface area (Å²) in [5.74, 6) is 2.00. The fourth-order valence-corrected chi connectivity index (χ4v) is 12.5. The van der Waals surface area contributed by atoms with Gasteiger partial charge in [0.2, 0.25) is 0 Å². The molecule has 1 aliphatic rings. The SMILES string of the molecule is CCCCCCCCCCCCCCCCCC(=O)OCC(COP1(=S)SCCS1)OC. The molecule has 0 spiro atoms. The predicted molar refractivity (Wildman–Crippen MR) is 146 cm³/mol. The lowest BCUT2D eigenvalue weighted by molar-refractivity contribution is -0.148. The molecule has 0 saturated carbocycles. The van der Waals surface area contributed by atoms with Crippen molar-refractivity contribution in [2.75, 3.05) is 31.8 Å². The van der Waals surface area contributed by atoms with E-state index in [0.29, 0.717) is 13.0 Å². The van der Waals surface area contributed by atoms with Crippen molar-refractivity contribution in [2.24, 2.45) is 0 Å². The summed E-state index contributed by atoms with van der Waals surface area (Å²) in [6.45, 7) is 2.93. The molecule has 190 valence electrons. The number of carbonyl (C=O) groups excluding carboxylic acids is 1. The zero-order valence-electron chi connectivity index (χ0n) is 20.5. The Morgan fingerprint density at radius 2 is 1.28 bits per heavy atom. The fourth-order valence-electron chi connectivity index (χ4n) is 3.67. The molecule has 0 amide bonds. The van der Waals surface area contributed by atoms with Gasteiger partial charge in [0, 0.05) is 25.0 Å². The first kappa shape index (κ1) is 30.8. The molecule has 0 aromatic heterocycles. The quantitative estimate of drug-likeness (QED) is 0.0795. The van der Waals surface area contributed by atoms with Crippen molar-refractivity contribution in [1.82, 2.24) is 0 Å². The first-order valence-corrected chi connectivity index (χ1v) is 18.7. The molecule has 8 heteroatoms. The van der Waals surface area contributed by atoms with Crippen LogP contribution in [0, 0.1) is 0 Å². The molecule has 0 aromatic rings. The second-order valence-corrected chi connectivity index (χ2v) is 19.4. The Labute approximate surface area is 211 Å². The summed E-state index contributed by atoms with van der Waals surface area (Å²) in [5, 5.41) is 0. The third kappa shape index (κ3) is 17.2. The Bertz CT molecular complexity index is 498. The average Bonchev–Trinajstić information content (AvgIpc) is 3.23. The van der Waals surface area contributed by atoms with E-state index in [-0.39, 0.29) is 18.7 Å². The van der Waals surface area contributed by atoms with Crippen molar-refractivity contribution in [1.29, 1.82) is 0 Å². The maximum atomic E-state index is 12.0. The van der Waals surface area contributed by atoms with Crippen LogP contribution in [-0.4, -0.2) is 43.9 Å². The highest BCUT2D eigenvalue weighted by atomic mass is 33.2. The van der Waals surface area contributed by atoms with E-state index >= 15 is 0 Å². The van der Waals surface area contributed by atoms with Gasteiger partial charge >= 0.3 is 5.97 Å². The predicted octanol–water partition coefficient (Wildman–Crippen LogP) is 8.53. The molecule has 1 unspecified atom stereocenters. The molecular formula is C24H47O4PS3. The summed E-state index contributed by atoms with van der Waals surface area (Å²) in [4.78, 5) is 12.0. The Kier molecular flexibility index (Phi) is 20.2. The van der Waals surface area contributed by atoms with Crippen molar-refractivity contribution in [3.05, 3.63) is 0 Å². The molecule has 0 N–H and O–H groups in total. The van der Waals surface area contributed by atoms with Gasteiger partial charge in [0.15, 0.2) is 4.67 Å². The molecule has 1 saturated heterocycles. The van der Waals surface area contributed by atoms with Gasteiger partial charge in [-0.2, -0.15) is 0 Å². The van der Waals surface area contributed by atoms with Crippen LogP contribution in [0.1, 0.15) is 110 Å². The summed E-state index contributed by atoms with van der Waals surface area (Å²) in [6, 6.07) is 0. The van der Waals surface area contributed by atoms with Crippen molar-refractivity contribution < 1.29 is 18.8 Å². The topological polar surface area (TPSA) is 44.8 Å². The lowest BCUT2D eigenvalue weighted by Gasteiger charge is -2.19. The summed E-state index contributed by atoms with van der Waals surface area (Å²) in [6.07, 6.45) is 20.1. The highest BCUT2D eigenvalue weighted by Crippen LogP contribution is 2.74. The van der Waals surface area contributed by atoms with E-state index in [9.17, 15) is 4.79 Å². The lowest BCUT2D eigenvalue weighted by Crippen LogP contribution is -2.25. The molecule has 4 nitrogen and oxygen atoms in total. The van der Waals surface area contributed by atoms with Gasteiger partial charge < -0.3 is 14.0 Å². The van der Waals surface area contributed by atoms with E-state index in [4.69, 9.17) is 25.8 Å². The van der Waals surface area contributed by atoms with Crippen molar-refractivity contribution >= 4 is 45.2 Å². The number of carbonyl (C=O) groups is 1. The first-order chi connectivity index (χ1) is 15.6. The fraction of sp³-hybridized carbons (Fsp3) is 0.958. The maximum Gasteiger partial charge on any atom is 0.305 e. The van der Waals surface area contributed by atoms with E-state index in [0.717, 1.165) is 24.3 Å². The Morgan fingerprint density at radius 1 is 0.812 bits per heavy atom. The Hall–Kier alpha value is 0.740. The van der Waals surface area contributed by atoms with Crippen molar-refractivity contribution in [2.45, 2.75) is 116 Å². The van der Waals surface area contributed by atoms with Crippen molar-refractivity contribution in [3.8, 4) is 0 Å². The molecule has 1 fully saturated rings. The van der Waals surface area contributed by atoms with Crippen molar-refractivity contribution in [3.63, 3.8) is 0 Å². The maximum absolute atomic E-state index is 12.0. The third-order valence-electron chi connectivity index (χ3n) is 5.75. The summed E-state index contributed by atoms with van der Waals surface area (Å²) in [7, 11) is 1.62. The minimum Gasteiger partial charge on any atom is -0.463 e. The van der Waals surface area contributed by atoms with Gasteiger partial charge in [-0.15, -0.1) is 0 Å². The van der Waals surface area contributed by atoms with Crippen LogP contribution in [0.25, 0.3) is 0 Å². The van der Waals surface area contributed by atoms with Crippen LogP contribution < -0.4 is 0 Å². The minimum absolute atomic E-state index is 0.130. The number of hydrogen-bond acceptors (Lipinski definition) is 7. The van der Waals surface area contributed by atoms with Crippen LogP contribution in [0.5, 0.6) is 0 Å². The van der Waals surface area contributed by atoms with Gasteiger partial charge in [-0.1, -0.05) is 120 Å². The number of unbranched alkanes of at least 4 members (excludes halogenated alkanes) is 14. The van der Waals surface area contributed by atoms with Gasteiger partial charge in [0.05, 0.1) is 6.61 Å². The number of esters is 1. The van der Waals surface area contributed by atoms with E-state index in [1.165, 1.54) is 83.5 Å². The van der Waals surface area contributed by atoms with Crippen LogP contribution in [-0.2, 0) is 30.6 Å². The molecule has 1 rings (SSSR count). The normalized spacial score (nSPS) is 16.3. The summed E-state index contributed by atoms with van der Waals surface area (Å²) < 4.78 is 14.9. The lowest BCUT2D eigenvalue weighted by atomic mass is 10.0. The zero-order chi connectivity index (χ0) is 23.3. The van der Waals surface area contributed by atoms with Gasteiger partial charge in [0.25, 0.3) is 0 Å². The minimum atomic E-state index is -1.78. The molecule has 32 heavy (non-hydrogen) atoms. The van der Waals surface area contributed by atoms with Gasteiger partial charge in [0.1, 0.15) is 12.7 Å². The highest BCUT2D eigenvalue weighted by molar-refractivity contribution is 9.00. The average molecular weight is 527 g/mol. The van der Waals surface area contributed by atoms with E-state index in [1.807, 2.05) is 0 Å². The molecule has 1 aliphatic heterocycles. The summed E-state index contributed by atoms with van der Waals surface area (Å²) in [5.41, 5.74) is 0. The van der Waals surface area contributed by atoms with Crippen LogP contribution >= 0.6 is 27.4 Å². The van der Waals surface area contributed by atoms with Crippen LogP contribution in [0.3, 0.4) is 0 Å². The second-order valence-electron chi connectivity index (χ2n) is 8.65. The number of rotatable bonds is 22. The molecule has 0 aromatic carbocycles. The van der Waals surface area contributed by atoms with Gasteiger partial charge in [-0.25, -0.2) is 0 Å². The van der Waals surface area contributed by atoms with Gasteiger partial charge in [-0.3, -0.25) is 4.79 Å². The number of hydrogen-bond donors (Lipinski definition) is 0. The highest BCUT2D eigenvalue weighted by Gasteiger charge is 2.26. The monoisotopic (exact) mass is 526 g/mol. The van der Waals surface area contributed by atoms with Crippen LogP contribution in [0.4, 0.5) is 0 Å². The zero-order valence-corrected chi connectivity index (χ0v) is 23.9. The van der Waals surface area contributed by atoms with Crippen LogP contribution in [0.15, 0.2) is 0 Å². The van der Waals surface area contributed by atoms with E-state index < -0.39 is 4.67 Å². The van der Waals surface area contributed by atoms with E-state index in [1.54, 1.807) is 29.9 Å². The standard InChI is InChI=1S/C24H47O4PS3/c1-3-4-5-6-7-8-9-10-11-12-13-14-15-16-17-18-24(25)27-21-23(26-2)22-28-29(30)31-19-20-32-29/h23H,3-22H2,1-2H3. The van der Waals surface area contributed by atoms with Crippen LogP contribution in [0.2, 0.25) is 0 Å². The second kappa shape index (κ2) is 21.1. The smallest absolute Gasteiger partial charge is 0.305 e. The number of ether oxygens (including phenoxy) is 2. The third-order valence-corrected chi connectivity index (χ3v) is 15.6. The summed E-state index contributed by atoms with van der Waals surface area (Å²) >= 11 is 9.07. The molecule has 0 bridgehead atoms. The Balaban J connectivity index is 1.86. The molecular weight excluding hydrogens is 479 g/mol. The Morgan fingerprint density at radius 3 is 1.75 bits per heavy atom. The molecule has 1 atom stereocenters. The number of methoxy groups -OCH3 is 1. The first-order valence-electron chi connectivity index (χ1n) is 12.8.